The average Bonchev–Trinajstić information content (AvgIpc) is 2.47. The summed E-state index contributed by atoms with van der Waals surface area (Å²) in [5.74, 6) is -0.235. The second-order valence-electron chi connectivity index (χ2n) is 4.22. The fourth-order valence-corrected chi connectivity index (χ4v) is 1.98. The summed E-state index contributed by atoms with van der Waals surface area (Å²) in [6.45, 7) is 0. The quantitative estimate of drug-likeness (QED) is 0.783. The number of hydrogen-bond donors (Lipinski definition) is 1. The number of halogens is 1. The molecule has 1 amide bonds. The fraction of sp³-hybridized carbons (Fsp3) is 0. The Labute approximate surface area is 120 Å². The number of amides is 1. The van der Waals surface area contributed by atoms with Gasteiger partial charge in [0.1, 0.15) is 0 Å². The first-order valence-corrected chi connectivity index (χ1v) is 6.39. The number of carbonyl (C=O) groups is 1. The number of benzene rings is 2. The summed E-state index contributed by atoms with van der Waals surface area (Å²) in [5, 5.41) is 4.15. The first kappa shape index (κ1) is 12.6. The van der Waals surface area contributed by atoms with Crippen molar-refractivity contribution < 1.29 is 4.79 Å². The fourth-order valence-electron chi connectivity index (χ4n) is 1.81. The number of nitrogens with zero attached hydrogens (tertiary/aromatic N) is 2. The molecule has 20 heavy (non-hydrogen) atoms. The summed E-state index contributed by atoms with van der Waals surface area (Å²) in [5.41, 5.74) is 1.35. The number of carbonyl (C=O) groups excluding carboxylic acids is 1. The number of fused-ring (bicyclic) bond motifs is 1. The molecule has 1 N–H and O–H groups in total. The second kappa shape index (κ2) is 5.27. The van der Waals surface area contributed by atoms with E-state index in [-0.39, 0.29) is 11.7 Å². The van der Waals surface area contributed by atoms with E-state index in [1.54, 1.807) is 30.5 Å². The van der Waals surface area contributed by atoms with Crippen molar-refractivity contribution in [2.24, 2.45) is 0 Å². The van der Waals surface area contributed by atoms with Crippen LogP contribution in [0.3, 0.4) is 0 Å². The summed E-state index contributed by atoms with van der Waals surface area (Å²) in [4.78, 5) is 20.4. The maximum absolute atomic E-state index is 12.1. The minimum atomic E-state index is -0.349. The summed E-state index contributed by atoms with van der Waals surface area (Å²) < 4.78 is 0. The van der Waals surface area contributed by atoms with E-state index in [4.69, 9.17) is 11.6 Å². The third-order valence-corrected chi connectivity index (χ3v) is 3.01. The molecule has 1 heterocycles. The smallest absolute Gasteiger partial charge is 0.293 e. The topological polar surface area (TPSA) is 54.9 Å². The standard InChI is InChI=1S/C15H10ClN3O/c16-11-7-6-10-9-17-14(19-13(10)8-11)15(20)18-12-4-2-1-3-5-12/h1-9H,(H,18,20). The third-order valence-electron chi connectivity index (χ3n) is 2.78. The largest absolute Gasteiger partial charge is 0.319 e. The van der Waals surface area contributed by atoms with Crippen LogP contribution in [0.25, 0.3) is 10.9 Å². The van der Waals surface area contributed by atoms with Crippen LogP contribution in [-0.2, 0) is 0 Å². The molecule has 0 radical (unpaired) electrons. The maximum atomic E-state index is 12.1. The normalized spacial score (nSPS) is 10.4. The van der Waals surface area contributed by atoms with Crippen LogP contribution in [0.2, 0.25) is 5.02 Å². The van der Waals surface area contributed by atoms with Crippen LogP contribution in [0.5, 0.6) is 0 Å². The van der Waals surface area contributed by atoms with Crippen LogP contribution in [0.1, 0.15) is 10.6 Å². The molecule has 0 aliphatic carbocycles. The van der Waals surface area contributed by atoms with Gasteiger partial charge < -0.3 is 5.32 Å². The molecular formula is C15H10ClN3O. The van der Waals surface area contributed by atoms with Crippen molar-refractivity contribution >= 4 is 34.1 Å². The highest BCUT2D eigenvalue weighted by Gasteiger charge is 2.10. The van der Waals surface area contributed by atoms with Gasteiger partial charge in [-0.1, -0.05) is 29.8 Å². The molecular weight excluding hydrogens is 274 g/mol. The molecule has 4 nitrogen and oxygen atoms in total. The molecule has 1 aromatic heterocycles. The zero-order valence-electron chi connectivity index (χ0n) is 10.4. The maximum Gasteiger partial charge on any atom is 0.293 e. The molecule has 0 unspecified atom stereocenters. The zero-order chi connectivity index (χ0) is 13.9. The Morgan fingerprint density at radius 3 is 2.70 bits per heavy atom. The van der Waals surface area contributed by atoms with Crippen molar-refractivity contribution in [1.82, 2.24) is 9.97 Å². The molecule has 0 spiro atoms. The molecule has 0 bridgehead atoms. The molecule has 3 rings (SSSR count). The Morgan fingerprint density at radius 1 is 1.10 bits per heavy atom. The highest BCUT2D eigenvalue weighted by atomic mass is 35.5. The van der Waals surface area contributed by atoms with Crippen LogP contribution >= 0.6 is 11.6 Å². The van der Waals surface area contributed by atoms with E-state index in [1.165, 1.54) is 0 Å². The van der Waals surface area contributed by atoms with Crippen LogP contribution in [-0.4, -0.2) is 15.9 Å². The molecule has 0 aliphatic heterocycles. The van der Waals surface area contributed by atoms with Crippen LogP contribution in [0.15, 0.2) is 54.7 Å². The highest BCUT2D eigenvalue weighted by molar-refractivity contribution is 6.31. The van der Waals surface area contributed by atoms with Gasteiger partial charge in [-0.3, -0.25) is 4.79 Å². The molecule has 2 aromatic carbocycles. The van der Waals surface area contributed by atoms with Crippen LogP contribution in [0.4, 0.5) is 5.69 Å². The molecule has 0 saturated carbocycles. The lowest BCUT2D eigenvalue weighted by Crippen LogP contribution is -2.15. The van der Waals surface area contributed by atoms with Gasteiger partial charge in [-0.05, 0) is 30.3 Å². The average molecular weight is 284 g/mol. The van der Waals surface area contributed by atoms with E-state index < -0.39 is 0 Å². The molecule has 0 aliphatic rings. The van der Waals surface area contributed by atoms with Crippen LogP contribution < -0.4 is 5.32 Å². The molecule has 0 atom stereocenters. The minimum Gasteiger partial charge on any atom is -0.319 e. The van der Waals surface area contributed by atoms with Gasteiger partial charge >= 0.3 is 0 Å². The predicted molar refractivity (Wildman–Crippen MR) is 78.9 cm³/mol. The van der Waals surface area contributed by atoms with Crippen molar-refractivity contribution in [3.63, 3.8) is 0 Å². The molecule has 98 valence electrons. The van der Waals surface area contributed by atoms with E-state index in [2.05, 4.69) is 15.3 Å². The van der Waals surface area contributed by atoms with E-state index in [1.807, 2.05) is 24.3 Å². The molecule has 0 saturated heterocycles. The van der Waals surface area contributed by atoms with Gasteiger partial charge in [-0.25, -0.2) is 9.97 Å². The summed E-state index contributed by atoms with van der Waals surface area (Å²) in [7, 11) is 0. The van der Waals surface area contributed by atoms with Crippen LogP contribution in [0, 0.1) is 0 Å². The Morgan fingerprint density at radius 2 is 1.90 bits per heavy atom. The van der Waals surface area contributed by atoms with Gasteiger partial charge in [-0.2, -0.15) is 0 Å². The lowest BCUT2D eigenvalue weighted by molar-refractivity contribution is 0.101. The lowest BCUT2D eigenvalue weighted by atomic mass is 10.2. The molecule has 0 fully saturated rings. The minimum absolute atomic E-state index is 0.114. The van der Waals surface area contributed by atoms with Gasteiger partial charge in [0.2, 0.25) is 5.82 Å². The van der Waals surface area contributed by atoms with Gasteiger partial charge in [-0.15, -0.1) is 0 Å². The van der Waals surface area contributed by atoms with E-state index in [9.17, 15) is 4.79 Å². The number of aromatic nitrogens is 2. The monoisotopic (exact) mass is 283 g/mol. The number of nitrogens with one attached hydrogen (secondary N) is 1. The molecule has 5 heteroatoms. The number of para-hydroxylation sites is 1. The Bertz CT molecular complexity index is 774. The zero-order valence-corrected chi connectivity index (χ0v) is 11.1. The van der Waals surface area contributed by atoms with Crippen molar-refractivity contribution in [2.75, 3.05) is 5.32 Å². The summed E-state index contributed by atoms with van der Waals surface area (Å²) in [6.07, 6.45) is 1.61. The summed E-state index contributed by atoms with van der Waals surface area (Å²) >= 11 is 5.92. The molecule has 3 aromatic rings. The van der Waals surface area contributed by atoms with Crippen molar-refractivity contribution in [3.8, 4) is 0 Å². The first-order valence-electron chi connectivity index (χ1n) is 6.01. The van der Waals surface area contributed by atoms with Gasteiger partial charge in [0.15, 0.2) is 0 Å². The number of rotatable bonds is 2. The highest BCUT2D eigenvalue weighted by Crippen LogP contribution is 2.17. The lowest BCUT2D eigenvalue weighted by Gasteiger charge is -2.04. The number of hydrogen-bond acceptors (Lipinski definition) is 3. The Kier molecular flexibility index (Phi) is 3.31. The predicted octanol–water partition coefficient (Wildman–Crippen LogP) is 3.54. The SMILES string of the molecule is O=C(Nc1ccccc1)c1ncc2ccc(Cl)cc2n1. The van der Waals surface area contributed by atoms with Crippen molar-refractivity contribution in [3.05, 3.63) is 65.6 Å². The van der Waals surface area contributed by atoms with Crippen molar-refractivity contribution in [2.45, 2.75) is 0 Å². The first-order chi connectivity index (χ1) is 9.72. The van der Waals surface area contributed by atoms with Gasteiger partial charge in [0.25, 0.3) is 5.91 Å². The summed E-state index contributed by atoms with van der Waals surface area (Å²) in [6, 6.07) is 14.5. The van der Waals surface area contributed by atoms with Gasteiger partial charge in [0.05, 0.1) is 5.52 Å². The number of anilines is 1. The second-order valence-corrected chi connectivity index (χ2v) is 4.65. The third kappa shape index (κ3) is 2.60. The van der Waals surface area contributed by atoms with E-state index in [0.29, 0.717) is 16.2 Å². The van der Waals surface area contributed by atoms with E-state index in [0.717, 1.165) is 5.39 Å². The van der Waals surface area contributed by atoms with E-state index >= 15 is 0 Å². The Balaban J connectivity index is 1.91. The van der Waals surface area contributed by atoms with Gasteiger partial charge in [0, 0.05) is 22.3 Å². The van der Waals surface area contributed by atoms with Crippen molar-refractivity contribution in [1.29, 1.82) is 0 Å². The Hall–Kier alpha value is -2.46.